The summed E-state index contributed by atoms with van der Waals surface area (Å²) in [6, 6.07) is 3.35. The standard InChI is InChI=1S/C13H21N3O3S/c1-3-14-12-5-4-8-15-13(12)20(17,18)16-10-6-7-11(9-10)19-2/h4-5,8,10-11,14,16H,3,6-7,9H2,1-2H3. The van der Waals surface area contributed by atoms with Crippen molar-refractivity contribution in [1.29, 1.82) is 0 Å². The third kappa shape index (κ3) is 3.47. The molecule has 6 nitrogen and oxygen atoms in total. The molecule has 1 aromatic heterocycles. The molecule has 2 rings (SSSR count). The fraction of sp³-hybridized carbons (Fsp3) is 0.615. The van der Waals surface area contributed by atoms with E-state index in [1.165, 1.54) is 6.20 Å². The molecule has 0 amide bonds. The Morgan fingerprint density at radius 3 is 2.90 bits per heavy atom. The molecule has 1 aliphatic rings. The van der Waals surface area contributed by atoms with Gasteiger partial charge in [0.1, 0.15) is 0 Å². The van der Waals surface area contributed by atoms with Crippen LogP contribution in [0.4, 0.5) is 5.69 Å². The third-order valence-electron chi connectivity index (χ3n) is 3.43. The maximum absolute atomic E-state index is 12.4. The number of nitrogens with zero attached hydrogens (tertiary/aromatic N) is 1. The van der Waals surface area contributed by atoms with Crippen molar-refractivity contribution in [1.82, 2.24) is 9.71 Å². The fourth-order valence-corrected chi connectivity index (χ4v) is 3.86. The van der Waals surface area contributed by atoms with Gasteiger partial charge in [-0.2, -0.15) is 0 Å². The predicted molar refractivity (Wildman–Crippen MR) is 77.2 cm³/mol. The predicted octanol–water partition coefficient (Wildman–Crippen LogP) is 1.36. The average molecular weight is 299 g/mol. The quantitative estimate of drug-likeness (QED) is 0.829. The summed E-state index contributed by atoms with van der Waals surface area (Å²) >= 11 is 0. The lowest BCUT2D eigenvalue weighted by Gasteiger charge is -2.15. The van der Waals surface area contributed by atoms with Crippen molar-refractivity contribution >= 4 is 15.7 Å². The molecule has 2 atom stereocenters. The second-order valence-corrected chi connectivity index (χ2v) is 6.50. The molecule has 1 saturated carbocycles. The number of nitrogens with one attached hydrogen (secondary N) is 2. The maximum Gasteiger partial charge on any atom is 0.260 e. The number of aromatic nitrogens is 1. The number of methoxy groups -OCH3 is 1. The monoisotopic (exact) mass is 299 g/mol. The smallest absolute Gasteiger partial charge is 0.260 e. The van der Waals surface area contributed by atoms with Crippen LogP contribution in [0.3, 0.4) is 0 Å². The van der Waals surface area contributed by atoms with Gasteiger partial charge in [-0.25, -0.2) is 18.1 Å². The minimum absolute atomic E-state index is 0.0581. The van der Waals surface area contributed by atoms with Crippen LogP contribution in [0.15, 0.2) is 23.4 Å². The summed E-state index contributed by atoms with van der Waals surface area (Å²) in [6.45, 7) is 2.56. The number of sulfonamides is 1. The molecule has 112 valence electrons. The molecule has 0 bridgehead atoms. The van der Waals surface area contributed by atoms with Crippen molar-refractivity contribution in [3.05, 3.63) is 18.3 Å². The van der Waals surface area contributed by atoms with E-state index in [2.05, 4.69) is 15.0 Å². The molecule has 1 heterocycles. The second-order valence-electron chi connectivity index (χ2n) is 4.88. The van der Waals surface area contributed by atoms with Gasteiger partial charge in [-0.1, -0.05) is 0 Å². The largest absolute Gasteiger partial charge is 0.383 e. The second kappa shape index (κ2) is 6.51. The van der Waals surface area contributed by atoms with Crippen LogP contribution in [0.1, 0.15) is 26.2 Å². The molecule has 1 aromatic rings. The van der Waals surface area contributed by atoms with Crippen LogP contribution in [-0.2, 0) is 14.8 Å². The summed E-state index contributed by atoms with van der Waals surface area (Å²) in [4.78, 5) is 4.01. The van der Waals surface area contributed by atoms with Crippen molar-refractivity contribution in [2.24, 2.45) is 0 Å². The summed E-state index contributed by atoms with van der Waals surface area (Å²) in [5.41, 5.74) is 0.531. The number of pyridine rings is 1. The van der Waals surface area contributed by atoms with Gasteiger partial charge >= 0.3 is 0 Å². The zero-order chi connectivity index (χ0) is 14.6. The highest BCUT2D eigenvalue weighted by atomic mass is 32.2. The molecule has 0 radical (unpaired) electrons. The zero-order valence-electron chi connectivity index (χ0n) is 11.8. The molecule has 0 saturated heterocycles. The summed E-state index contributed by atoms with van der Waals surface area (Å²) in [5, 5.41) is 3.08. The van der Waals surface area contributed by atoms with Crippen molar-refractivity contribution < 1.29 is 13.2 Å². The highest BCUT2D eigenvalue weighted by molar-refractivity contribution is 7.89. The number of hydrogen-bond donors (Lipinski definition) is 2. The van der Waals surface area contributed by atoms with Crippen molar-refractivity contribution in [2.45, 2.75) is 43.4 Å². The van der Waals surface area contributed by atoms with Crippen LogP contribution in [0.5, 0.6) is 0 Å². The van der Waals surface area contributed by atoms with Crippen LogP contribution in [0.2, 0.25) is 0 Å². The molecular weight excluding hydrogens is 278 g/mol. The van der Waals surface area contributed by atoms with Gasteiger partial charge in [0.25, 0.3) is 10.0 Å². The van der Waals surface area contributed by atoms with Gasteiger partial charge in [-0.05, 0) is 38.3 Å². The van der Waals surface area contributed by atoms with Crippen LogP contribution in [-0.4, -0.2) is 39.2 Å². The first-order chi connectivity index (χ1) is 9.56. The van der Waals surface area contributed by atoms with Gasteiger partial charge in [0.15, 0.2) is 5.03 Å². The van der Waals surface area contributed by atoms with Crippen LogP contribution >= 0.6 is 0 Å². The van der Waals surface area contributed by atoms with Gasteiger partial charge in [0, 0.05) is 25.9 Å². The molecule has 0 aromatic carbocycles. The van der Waals surface area contributed by atoms with E-state index in [-0.39, 0.29) is 17.2 Å². The number of rotatable bonds is 6. The number of ether oxygens (including phenoxy) is 1. The lowest BCUT2D eigenvalue weighted by molar-refractivity contribution is 0.107. The fourth-order valence-electron chi connectivity index (χ4n) is 2.47. The zero-order valence-corrected chi connectivity index (χ0v) is 12.6. The summed E-state index contributed by atoms with van der Waals surface area (Å²) < 4.78 is 32.8. The summed E-state index contributed by atoms with van der Waals surface area (Å²) in [5.74, 6) is 0. The molecule has 0 aliphatic heterocycles. The lowest BCUT2D eigenvalue weighted by atomic mass is 10.3. The normalized spacial score (nSPS) is 22.9. The van der Waals surface area contributed by atoms with Crippen molar-refractivity contribution in [2.75, 3.05) is 19.0 Å². The van der Waals surface area contributed by atoms with Crippen molar-refractivity contribution in [3.63, 3.8) is 0 Å². The van der Waals surface area contributed by atoms with Gasteiger partial charge in [-0.3, -0.25) is 0 Å². The van der Waals surface area contributed by atoms with Crippen LogP contribution in [0, 0.1) is 0 Å². The SMILES string of the molecule is CCNc1cccnc1S(=O)(=O)NC1CCC(OC)C1. The lowest BCUT2D eigenvalue weighted by Crippen LogP contribution is -2.34. The molecule has 2 N–H and O–H groups in total. The molecule has 20 heavy (non-hydrogen) atoms. The van der Waals surface area contributed by atoms with Gasteiger partial charge in [0.2, 0.25) is 0 Å². The Balaban J connectivity index is 2.14. The Labute approximate surface area is 120 Å². The van der Waals surface area contributed by atoms with E-state index in [0.29, 0.717) is 18.7 Å². The number of anilines is 1. The molecule has 1 fully saturated rings. The van der Waals surface area contributed by atoms with Gasteiger partial charge in [-0.15, -0.1) is 0 Å². The van der Waals surface area contributed by atoms with Crippen LogP contribution < -0.4 is 10.0 Å². The van der Waals surface area contributed by atoms with E-state index in [4.69, 9.17) is 4.74 Å². The Morgan fingerprint density at radius 2 is 2.25 bits per heavy atom. The van der Waals surface area contributed by atoms with E-state index in [1.54, 1.807) is 19.2 Å². The Morgan fingerprint density at radius 1 is 1.45 bits per heavy atom. The summed E-state index contributed by atoms with van der Waals surface area (Å²) in [6.07, 6.45) is 4.01. The Bertz CT molecular complexity index is 548. The van der Waals surface area contributed by atoms with E-state index >= 15 is 0 Å². The third-order valence-corrected chi connectivity index (χ3v) is 4.91. The Hall–Kier alpha value is -1.18. The highest BCUT2D eigenvalue weighted by Gasteiger charge is 2.30. The summed E-state index contributed by atoms with van der Waals surface area (Å²) in [7, 11) is -1.95. The topological polar surface area (TPSA) is 80.3 Å². The van der Waals surface area contributed by atoms with E-state index in [0.717, 1.165) is 12.8 Å². The number of hydrogen-bond acceptors (Lipinski definition) is 5. The first-order valence-corrected chi connectivity index (χ1v) is 8.29. The molecule has 2 unspecified atom stereocenters. The van der Waals surface area contributed by atoms with Crippen LogP contribution in [0.25, 0.3) is 0 Å². The molecule has 1 aliphatic carbocycles. The first-order valence-electron chi connectivity index (χ1n) is 6.81. The highest BCUT2D eigenvalue weighted by Crippen LogP contribution is 2.24. The minimum Gasteiger partial charge on any atom is -0.383 e. The Kier molecular flexibility index (Phi) is 4.95. The van der Waals surface area contributed by atoms with E-state index < -0.39 is 10.0 Å². The van der Waals surface area contributed by atoms with E-state index in [1.807, 2.05) is 6.92 Å². The maximum atomic E-state index is 12.4. The average Bonchev–Trinajstić information content (AvgIpc) is 2.86. The minimum atomic E-state index is -3.61. The van der Waals surface area contributed by atoms with Gasteiger partial charge in [0.05, 0.1) is 11.8 Å². The van der Waals surface area contributed by atoms with Gasteiger partial charge < -0.3 is 10.1 Å². The van der Waals surface area contributed by atoms with Crippen molar-refractivity contribution in [3.8, 4) is 0 Å². The molecule has 7 heteroatoms. The van der Waals surface area contributed by atoms with E-state index in [9.17, 15) is 8.42 Å². The first kappa shape index (κ1) is 15.2. The molecule has 0 spiro atoms. The molecular formula is C13H21N3O3S.